The summed E-state index contributed by atoms with van der Waals surface area (Å²) in [5, 5.41) is 23.6. The van der Waals surface area contributed by atoms with Crippen LogP contribution in [0.1, 0.15) is 11.4 Å². The number of morpholine rings is 1. The number of nitrogens with one attached hydrogen (secondary N) is 3. The van der Waals surface area contributed by atoms with Gasteiger partial charge in [-0.3, -0.25) is 0 Å². The van der Waals surface area contributed by atoms with Crippen LogP contribution < -0.4 is 16.0 Å². The minimum atomic E-state index is -4.75. The first-order valence-corrected chi connectivity index (χ1v) is 8.45. The van der Waals surface area contributed by atoms with E-state index in [9.17, 15) is 13.2 Å². The lowest BCUT2D eigenvalue weighted by molar-refractivity contribution is -0.141. The first-order chi connectivity index (χ1) is 13.4. The smallest absolute Gasteiger partial charge is 0.379 e. The normalized spacial score (nSPS) is 17.0. The molecule has 0 aliphatic carbocycles. The standard InChI is InChI=1S/C15H14ClF3N8O/c16-11-12(24-6-9-5-21-1-2-28-9)13(15(17,18)19)26-27-14(11)25-10-7-22-8(3-20)4-23-10/h4,7,9,21H,1-2,5-6H2,(H2,23,24,25,27). The summed E-state index contributed by atoms with van der Waals surface area (Å²) < 4.78 is 45.4. The number of hydrogen-bond donors (Lipinski definition) is 3. The molecule has 1 unspecified atom stereocenters. The molecular formula is C15H14ClF3N8O. The van der Waals surface area contributed by atoms with Crippen LogP contribution in [0.15, 0.2) is 12.4 Å². The second-order valence-corrected chi connectivity index (χ2v) is 6.06. The number of nitriles is 1. The van der Waals surface area contributed by atoms with Gasteiger partial charge in [-0.15, -0.1) is 10.2 Å². The van der Waals surface area contributed by atoms with Crippen molar-refractivity contribution < 1.29 is 17.9 Å². The average molecular weight is 415 g/mol. The minimum absolute atomic E-state index is 0.0820. The van der Waals surface area contributed by atoms with E-state index < -0.39 is 17.6 Å². The van der Waals surface area contributed by atoms with E-state index in [1.165, 1.54) is 12.4 Å². The predicted molar refractivity (Wildman–Crippen MR) is 93.2 cm³/mol. The highest BCUT2D eigenvalue weighted by atomic mass is 35.5. The molecule has 1 aliphatic rings. The fourth-order valence-corrected chi connectivity index (χ4v) is 2.64. The third-order valence-corrected chi connectivity index (χ3v) is 4.07. The molecule has 148 valence electrons. The summed E-state index contributed by atoms with van der Waals surface area (Å²) in [6, 6.07) is 1.80. The Morgan fingerprint density at radius 1 is 1.32 bits per heavy atom. The van der Waals surface area contributed by atoms with Crippen LogP contribution in [0, 0.1) is 11.3 Å². The van der Waals surface area contributed by atoms with E-state index in [4.69, 9.17) is 21.6 Å². The summed E-state index contributed by atoms with van der Waals surface area (Å²) in [5.74, 6) is -0.000385. The molecule has 3 heterocycles. The van der Waals surface area contributed by atoms with Gasteiger partial charge in [0.25, 0.3) is 0 Å². The fraction of sp³-hybridized carbons (Fsp3) is 0.400. The number of hydrogen-bond acceptors (Lipinski definition) is 9. The Kier molecular flexibility index (Phi) is 6.08. The van der Waals surface area contributed by atoms with Crippen LogP contribution in [0.2, 0.25) is 5.02 Å². The molecule has 9 nitrogen and oxygen atoms in total. The molecule has 3 N–H and O–H groups in total. The van der Waals surface area contributed by atoms with E-state index in [-0.39, 0.29) is 35.0 Å². The van der Waals surface area contributed by atoms with Gasteiger partial charge in [0.05, 0.1) is 30.8 Å². The van der Waals surface area contributed by atoms with Gasteiger partial charge in [-0.1, -0.05) is 11.6 Å². The SMILES string of the molecule is N#Cc1cnc(Nc2nnc(C(F)(F)F)c(NCC3CNCCO3)c2Cl)cn1. The maximum absolute atomic E-state index is 13.3. The molecule has 0 bridgehead atoms. The Labute approximate surface area is 162 Å². The Morgan fingerprint density at radius 2 is 2.14 bits per heavy atom. The van der Waals surface area contributed by atoms with Crippen molar-refractivity contribution in [3.8, 4) is 6.07 Å². The van der Waals surface area contributed by atoms with Crippen LogP contribution in [0.5, 0.6) is 0 Å². The number of anilines is 3. The Balaban J connectivity index is 1.85. The molecular weight excluding hydrogens is 401 g/mol. The number of ether oxygens (including phenoxy) is 1. The molecule has 0 amide bonds. The van der Waals surface area contributed by atoms with Crippen LogP contribution in [0.3, 0.4) is 0 Å². The minimum Gasteiger partial charge on any atom is -0.379 e. The maximum Gasteiger partial charge on any atom is 0.437 e. The van der Waals surface area contributed by atoms with Crippen molar-refractivity contribution in [3.05, 3.63) is 28.8 Å². The Morgan fingerprint density at radius 3 is 2.75 bits per heavy atom. The summed E-state index contributed by atoms with van der Waals surface area (Å²) in [6.45, 7) is 1.74. The Bertz CT molecular complexity index is 865. The van der Waals surface area contributed by atoms with E-state index >= 15 is 0 Å². The summed E-state index contributed by atoms with van der Waals surface area (Å²) in [4.78, 5) is 7.72. The molecule has 2 aromatic rings. The molecule has 0 aromatic carbocycles. The predicted octanol–water partition coefficient (Wildman–Crippen LogP) is 1.95. The zero-order chi connectivity index (χ0) is 20.1. The topological polar surface area (TPSA) is 121 Å². The summed E-state index contributed by atoms with van der Waals surface area (Å²) in [7, 11) is 0. The van der Waals surface area contributed by atoms with Crippen molar-refractivity contribution in [2.45, 2.75) is 12.3 Å². The molecule has 3 rings (SSSR count). The maximum atomic E-state index is 13.3. The molecule has 0 spiro atoms. The fourth-order valence-electron chi connectivity index (χ4n) is 2.39. The van der Waals surface area contributed by atoms with Gasteiger partial charge in [0.15, 0.2) is 17.2 Å². The summed E-state index contributed by atoms with van der Waals surface area (Å²) in [6.07, 6.45) is -2.65. The van der Waals surface area contributed by atoms with E-state index in [1.54, 1.807) is 6.07 Å². The third-order valence-electron chi connectivity index (χ3n) is 3.71. The molecule has 0 radical (unpaired) electrons. The van der Waals surface area contributed by atoms with Gasteiger partial charge in [-0.25, -0.2) is 9.97 Å². The molecule has 1 saturated heterocycles. The van der Waals surface area contributed by atoms with Crippen LogP contribution >= 0.6 is 11.6 Å². The van der Waals surface area contributed by atoms with Gasteiger partial charge in [0.1, 0.15) is 16.9 Å². The monoisotopic (exact) mass is 414 g/mol. The first-order valence-electron chi connectivity index (χ1n) is 8.07. The number of alkyl halides is 3. The van der Waals surface area contributed by atoms with Gasteiger partial charge in [0.2, 0.25) is 0 Å². The van der Waals surface area contributed by atoms with E-state index in [1.807, 2.05) is 0 Å². The largest absolute Gasteiger partial charge is 0.437 e. The van der Waals surface area contributed by atoms with Gasteiger partial charge < -0.3 is 20.7 Å². The quantitative estimate of drug-likeness (QED) is 0.674. The molecule has 1 fully saturated rings. The number of rotatable bonds is 5. The van der Waals surface area contributed by atoms with Crippen molar-refractivity contribution in [2.24, 2.45) is 0 Å². The van der Waals surface area contributed by atoms with Crippen molar-refractivity contribution >= 4 is 28.9 Å². The Hall–Kier alpha value is -2.75. The molecule has 0 saturated carbocycles. The lowest BCUT2D eigenvalue weighted by Gasteiger charge is -2.25. The molecule has 1 atom stereocenters. The number of aromatic nitrogens is 4. The molecule has 1 aliphatic heterocycles. The van der Waals surface area contributed by atoms with Crippen molar-refractivity contribution in [3.63, 3.8) is 0 Å². The molecule has 28 heavy (non-hydrogen) atoms. The summed E-state index contributed by atoms with van der Waals surface area (Å²) in [5.41, 5.74) is -1.57. The van der Waals surface area contributed by atoms with Crippen molar-refractivity contribution in [1.82, 2.24) is 25.5 Å². The lowest BCUT2D eigenvalue weighted by Crippen LogP contribution is -2.42. The van der Waals surface area contributed by atoms with Crippen LogP contribution in [-0.4, -0.2) is 52.5 Å². The second-order valence-electron chi connectivity index (χ2n) is 5.69. The molecule has 2 aromatic heterocycles. The van der Waals surface area contributed by atoms with Crippen molar-refractivity contribution in [1.29, 1.82) is 5.26 Å². The van der Waals surface area contributed by atoms with Crippen LogP contribution in [0.25, 0.3) is 0 Å². The van der Waals surface area contributed by atoms with E-state index in [0.717, 1.165) is 0 Å². The average Bonchev–Trinajstić information content (AvgIpc) is 2.69. The lowest BCUT2D eigenvalue weighted by atomic mass is 10.2. The first kappa shape index (κ1) is 20.0. The van der Waals surface area contributed by atoms with Gasteiger partial charge in [-0.2, -0.15) is 18.4 Å². The zero-order valence-electron chi connectivity index (χ0n) is 14.2. The zero-order valence-corrected chi connectivity index (χ0v) is 15.0. The third kappa shape index (κ3) is 4.75. The van der Waals surface area contributed by atoms with Gasteiger partial charge >= 0.3 is 6.18 Å². The van der Waals surface area contributed by atoms with Gasteiger partial charge in [-0.05, 0) is 0 Å². The van der Waals surface area contributed by atoms with Crippen LogP contribution in [-0.2, 0) is 10.9 Å². The number of halogens is 4. The van der Waals surface area contributed by atoms with Crippen LogP contribution in [0.4, 0.5) is 30.5 Å². The second kappa shape index (κ2) is 8.51. The van der Waals surface area contributed by atoms with Crippen molar-refractivity contribution in [2.75, 3.05) is 36.9 Å². The number of nitrogens with zero attached hydrogens (tertiary/aromatic N) is 5. The van der Waals surface area contributed by atoms with E-state index in [0.29, 0.717) is 19.7 Å². The highest BCUT2D eigenvalue weighted by molar-refractivity contribution is 6.35. The van der Waals surface area contributed by atoms with Gasteiger partial charge in [0, 0.05) is 19.6 Å². The molecule has 13 heteroatoms. The summed E-state index contributed by atoms with van der Waals surface area (Å²) >= 11 is 6.16. The van der Waals surface area contributed by atoms with E-state index in [2.05, 4.69) is 36.1 Å². The highest BCUT2D eigenvalue weighted by Crippen LogP contribution is 2.39. The highest BCUT2D eigenvalue weighted by Gasteiger charge is 2.38.